The van der Waals surface area contributed by atoms with Gasteiger partial charge in [0, 0.05) is 44.5 Å². The first-order chi connectivity index (χ1) is 18.1. The van der Waals surface area contributed by atoms with Crippen molar-refractivity contribution in [1.29, 1.82) is 0 Å². The van der Waals surface area contributed by atoms with Crippen molar-refractivity contribution in [3.05, 3.63) is 36.3 Å². The van der Waals surface area contributed by atoms with Crippen LogP contribution < -0.4 is 14.8 Å². The molecule has 1 aromatic carbocycles. The fraction of sp³-hybridized carbons (Fsp3) is 0.615. The van der Waals surface area contributed by atoms with E-state index in [9.17, 15) is 18.3 Å². The van der Waals surface area contributed by atoms with Crippen LogP contribution in [0.25, 0.3) is 0 Å². The predicted octanol–water partition coefficient (Wildman–Crippen LogP) is 2.24. The molecule has 3 rings (SSSR count). The monoisotopic (exact) mass is 551 g/mol. The lowest BCUT2D eigenvalue weighted by molar-refractivity contribution is -0.000450. The Morgan fingerprint density at radius 1 is 1.26 bits per heavy atom. The molecule has 1 aliphatic rings. The maximum Gasteiger partial charge on any atom is 0.280 e. The highest BCUT2D eigenvalue weighted by Crippen LogP contribution is 2.29. The van der Waals surface area contributed by atoms with Gasteiger partial charge < -0.3 is 29.4 Å². The fourth-order valence-electron chi connectivity index (χ4n) is 4.41. The number of hydrogen-bond acceptors (Lipinski definition) is 8. The number of carbonyl (C=O) groups excluding carboxylic acids is 1. The number of nitrogens with zero attached hydrogens (tertiary/aromatic N) is 3. The van der Waals surface area contributed by atoms with E-state index in [4.69, 9.17) is 9.47 Å². The minimum absolute atomic E-state index is 0.0301. The number of ether oxygens (including phenoxy) is 2. The van der Waals surface area contributed by atoms with Gasteiger partial charge in [0.1, 0.15) is 5.75 Å². The molecule has 0 bridgehead atoms. The summed E-state index contributed by atoms with van der Waals surface area (Å²) in [5.74, 6) is -0.0246. The normalized spacial score (nSPS) is 22.7. The molecular weight excluding hydrogens is 510 g/mol. The van der Waals surface area contributed by atoms with Crippen LogP contribution in [0.4, 0.5) is 5.69 Å². The van der Waals surface area contributed by atoms with Gasteiger partial charge in [0.25, 0.3) is 15.9 Å². The Bertz CT molecular complexity index is 1170. The smallest absolute Gasteiger partial charge is 0.280 e. The van der Waals surface area contributed by atoms with E-state index in [-0.39, 0.29) is 46.9 Å². The van der Waals surface area contributed by atoms with Crippen LogP contribution in [0.15, 0.2) is 35.7 Å². The summed E-state index contributed by atoms with van der Waals surface area (Å²) in [6, 6.07) is 4.19. The number of aromatic nitrogens is 2. The topological polar surface area (TPSA) is 135 Å². The highest BCUT2D eigenvalue weighted by Gasteiger charge is 2.30. The second-order valence-corrected chi connectivity index (χ2v) is 11.7. The number of rotatable bonds is 7. The number of aliphatic hydroxyl groups excluding tert-OH is 1. The number of nitrogens with one attached hydrogen (secondary N) is 2. The summed E-state index contributed by atoms with van der Waals surface area (Å²) in [6.45, 7) is 7.10. The quantitative estimate of drug-likeness (QED) is 0.477. The Morgan fingerprint density at radius 3 is 2.68 bits per heavy atom. The standard InChI is InChI=1S/C26H41N5O6S/c1-18-14-31(19(2)16-32)26(33)22-12-21(29-38(34,35)25-15-30(5)17-28-25)9-10-23(22)37-20(3)8-6-7-11-36-24(18)13-27-4/h9-10,12,15,17-20,24,27,29,32H,6-8,11,13-14,16H2,1-5H3/t18-,19+,20-,24+/m1/s1. The molecule has 1 amide bonds. The molecule has 0 saturated carbocycles. The second kappa shape index (κ2) is 13.4. The van der Waals surface area contributed by atoms with Crippen molar-refractivity contribution < 1.29 is 27.8 Å². The summed E-state index contributed by atoms with van der Waals surface area (Å²) in [5.41, 5.74) is 0.426. The van der Waals surface area contributed by atoms with Crippen molar-refractivity contribution in [3.63, 3.8) is 0 Å². The van der Waals surface area contributed by atoms with Crippen LogP contribution in [-0.4, -0.2) is 85.5 Å². The van der Waals surface area contributed by atoms with Gasteiger partial charge in [-0.2, -0.15) is 8.42 Å². The second-order valence-electron chi connectivity index (χ2n) is 10.1. The Labute approximate surface area is 225 Å². The zero-order chi connectivity index (χ0) is 27.9. The van der Waals surface area contributed by atoms with Gasteiger partial charge in [-0.15, -0.1) is 0 Å². The minimum atomic E-state index is -3.96. The molecule has 4 atom stereocenters. The Morgan fingerprint density at radius 2 is 2.03 bits per heavy atom. The number of aliphatic hydroxyl groups is 1. The molecule has 0 saturated heterocycles. The number of sulfonamides is 1. The third kappa shape index (κ3) is 7.68. The molecule has 2 aromatic rings. The van der Waals surface area contributed by atoms with Gasteiger partial charge in [0.2, 0.25) is 0 Å². The van der Waals surface area contributed by atoms with Crippen molar-refractivity contribution >= 4 is 21.6 Å². The SMILES string of the molecule is CNC[C@@H]1OCCCC[C@@H](C)Oc2ccc(NS(=O)(=O)c3cn(C)cn3)cc2C(=O)N([C@@H](C)CO)C[C@H]1C. The number of amides is 1. The molecule has 1 aromatic heterocycles. The van der Waals surface area contributed by atoms with E-state index in [0.29, 0.717) is 25.4 Å². The van der Waals surface area contributed by atoms with E-state index in [1.165, 1.54) is 23.2 Å². The lowest BCUT2D eigenvalue weighted by Gasteiger charge is -2.34. The van der Waals surface area contributed by atoms with Crippen molar-refractivity contribution in [3.8, 4) is 5.75 Å². The zero-order valence-electron chi connectivity index (χ0n) is 22.9. The zero-order valence-corrected chi connectivity index (χ0v) is 23.7. The maximum atomic E-state index is 14.0. The van der Waals surface area contributed by atoms with Gasteiger partial charge in [-0.25, -0.2) is 4.98 Å². The van der Waals surface area contributed by atoms with Crippen LogP contribution in [0, 0.1) is 5.92 Å². The van der Waals surface area contributed by atoms with Crippen molar-refractivity contribution in [2.45, 2.75) is 63.3 Å². The van der Waals surface area contributed by atoms with Gasteiger partial charge in [-0.1, -0.05) is 6.92 Å². The number of aryl methyl sites for hydroxylation is 1. The van der Waals surface area contributed by atoms with Crippen LogP contribution >= 0.6 is 0 Å². The minimum Gasteiger partial charge on any atom is -0.490 e. The van der Waals surface area contributed by atoms with Gasteiger partial charge in [0.15, 0.2) is 5.03 Å². The molecule has 0 aliphatic carbocycles. The third-order valence-electron chi connectivity index (χ3n) is 6.67. The molecule has 0 radical (unpaired) electrons. The van der Waals surface area contributed by atoms with E-state index in [2.05, 4.69) is 15.0 Å². The van der Waals surface area contributed by atoms with Crippen molar-refractivity contribution in [2.75, 3.05) is 38.1 Å². The number of imidazole rings is 1. The average molecular weight is 552 g/mol. The average Bonchev–Trinajstić information content (AvgIpc) is 3.33. The summed E-state index contributed by atoms with van der Waals surface area (Å²) in [5, 5.41) is 13.0. The molecule has 38 heavy (non-hydrogen) atoms. The molecule has 0 fully saturated rings. The maximum absolute atomic E-state index is 14.0. The van der Waals surface area contributed by atoms with Gasteiger partial charge >= 0.3 is 0 Å². The third-order valence-corrected chi connectivity index (χ3v) is 7.93. The summed E-state index contributed by atoms with van der Waals surface area (Å²) in [4.78, 5) is 19.5. The summed E-state index contributed by atoms with van der Waals surface area (Å²) < 4.78 is 42.2. The molecule has 0 unspecified atom stereocenters. The van der Waals surface area contributed by atoms with Crippen LogP contribution in [0.1, 0.15) is 50.4 Å². The molecular formula is C26H41N5O6S. The summed E-state index contributed by atoms with van der Waals surface area (Å²) >= 11 is 0. The molecule has 2 heterocycles. The molecule has 1 aliphatic heterocycles. The number of likely N-dealkylation sites (N-methyl/N-ethyl adjacent to an activating group) is 1. The Hall–Kier alpha value is -2.67. The first-order valence-electron chi connectivity index (χ1n) is 13.0. The van der Waals surface area contributed by atoms with Crippen LogP contribution in [0.2, 0.25) is 0 Å². The highest BCUT2D eigenvalue weighted by atomic mass is 32.2. The number of fused-ring (bicyclic) bond motifs is 1. The molecule has 12 heteroatoms. The van der Waals surface area contributed by atoms with E-state index in [1.54, 1.807) is 31.0 Å². The molecule has 0 spiro atoms. The first kappa shape index (κ1) is 29.9. The number of hydrogen-bond donors (Lipinski definition) is 3. The Balaban J connectivity index is 2.02. The van der Waals surface area contributed by atoms with Crippen molar-refractivity contribution in [1.82, 2.24) is 19.8 Å². The lowest BCUT2D eigenvalue weighted by Crippen LogP contribution is -2.47. The van der Waals surface area contributed by atoms with Gasteiger partial charge in [-0.05, 0) is 58.4 Å². The van der Waals surface area contributed by atoms with E-state index < -0.39 is 16.1 Å². The van der Waals surface area contributed by atoms with Crippen LogP contribution in [0.3, 0.4) is 0 Å². The first-order valence-corrected chi connectivity index (χ1v) is 14.5. The molecule has 11 nitrogen and oxygen atoms in total. The summed E-state index contributed by atoms with van der Waals surface area (Å²) in [7, 11) is -0.420. The largest absolute Gasteiger partial charge is 0.490 e. The predicted molar refractivity (Wildman–Crippen MR) is 145 cm³/mol. The number of benzene rings is 1. The van der Waals surface area contributed by atoms with Crippen molar-refractivity contribution in [2.24, 2.45) is 13.0 Å². The number of anilines is 1. The number of carbonyl (C=O) groups is 1. The molecule has 3 N–H and O–H groups in total. The van der Waals surface area contributed by atoms with Crippen LogP contribution in [0.5, 0.6) is 5.75 Å². The fourth-order valence-corrected chi connectivity index (χ4v) is 5.45. The lowest BCUT2D eigenvalue weighted by atomic mass is 10.0. The van der Waals surface area contributed by atoms with E-state index >= 15 is 0 Å². The highest BCUT2D eigenvalue weighted by molar-refractivity contribution is 7.92. The van der Waals surface area contributed by atoms with Gasteiger partial charge in [0.05, 0.1) is 36.7 Å². The van der Waals surface area contributed by atoms with Gasteiger partial charge in [-0.3, -0.25) is 9.52 Å². The van der Waals surface area contributed by atoms with E-state index in [1.807, 2.05) is 20.9 Å². The van der Waals surface area contributed by atoms with Crippen LogP contribution in [-0.2, 0) is 21.8 Å². The molecule has 212 valence electrons. The Kier molecular flexibility index (Phi) is 10.5. The van der Waals surface area contributed by atoms with E-state index in [0.717, 1.165) is 19.3 Å². The summed E-state index contributed by atoms with van der Waals surface area (Å²) in [6.07, 6.45) is 5.07.